The van der Waals surface area contributed by atoms with E-state index < -0.39 is 41.9 Å². The van der Waals surface area contributed by atoms with Gasteiger partial charge in [0.15, 0.2) is 5.78 Å². The number of hydrogen-bond donors (Lipinski definition) is 0. The van der Waals surface area contributed by atoms with Crippen molar-refractivity contribution in [2.45, 2.75) is 11.8 Å². The van der Waals surface area contributed by atoms with Gasteiger partial charge in [0.1, 0.15) is 12.3 Å². The standard InChI is InChI=1S/C34H24Cl2N2O5/c1-43-20-13-10-18(11-14-20)27(39)17-37(32(40)19-12-15-25(35)26(36)16-19)38-33(41)30-28-21-6-2-3-7-22(21)29(31(30)34(38)42)24-9-5-4-8-23(24)28/h2-16,28-31H,17H2,1H3/t28?,29?,30-,31-/m0/s1. The van der Waals surface area contributed by atoms with Crippen molar-refractivity contribution < 1.29 is 23.9 Å². The van der Waals surface area contributed by atoms with Crippen LogP contribution in [0.4, 0.5) is 0 Å². The van der Waals surface area contributed by atoms with Gasteiger partial charge >= 0.3 is 0 Å². The van der Waals surface area contributed by atoms with Gasteiger partial charge < -0.3 is 4.74 Å². The maximum absolute atomic E-state index is 14.4. The molecule has 4 aromatic carbocycles. The predicted molar refractivity (Wildman–Crippen MR) is 160 cm³/mol. The first kappa shape index (κ1) is 27.4. The third-order valence-corrected chi connectivity index (χ3v) is 9.51. The summed E-state index contributed by atoms with van der Waals surface area (Å²) in [5.41, 5.74) is 4.41. The summed E-state index contributed by atoms with van der Waals surface area (Å²) < 4.78 is 5.19. The molecule has 1 heterocycles. The van der Waals surface area contributed by atoms with Gasteiger partial charge in [-0.15, -0.1) is 0 Å². The summed E-state index contributed by atoms with van der Waals surface area (Å²) >= 11 is 12.3. The number of hydrogen-bond acceptors (Lipinski definition) is 5. The van der Waals surface area contributed by atoms with Gasteiger partial charge in [-0.25, -0.2) is 5.01 Å². The van der Waals surface area contributed by atoms with E-state index in [1.807, 2.05) is 48.5 Å². The number of halogens is 2. The Balaban J connectivity index is 1.32. The molecule has 9 heteroatoms. The second-order valence-electron chi connectivity index (χ2n) is 10.9. The molecular formula is C34H24Cl2N2O5. The Hall–Kier alpha value is -4.46. The maximum atomic E-state index is 14.4. The zero-order valence-electron chi connectivity index (χ0n) is 22.9. The monoisotopic (exact) mass is 610 g/mol. The minimum atomic E-state index is -0.720. The summed E-state index contributed by atoms with van der Waals surface area (Å²) in [4.78, 5) is 56.4. The number of benzene rings is 4. The van der Waals surface area contributed by atoms with E-state index in [0.717, 1.165) is 32.3 Å². The van der Waals surface area contributed by atoms with Crippen molar-refractivity contribution in [3.63, 3.8) is 0 Å². The van der Waals surface area contributed by atoms with Crippen molar-refractivity contribution >= 4 is 46.7 Å². The molecule has 43 heavy (non-hydrogen) atoms. The Morgan fingerprint density at radius 2 is 1.21 bits per heavy atom. The highest BCUT2D eigenvalue weighted by molar-refractivity contribution is 6.42. The highest BCUT2D eigenvalue weighted by Gasteiger charge is 2.63. The van der Waals surface area contributed by atoms with Gasteiger partial charge in [-0.2, -0.15) is 5.01 Å². The number of Topliss-reactive ketones (excluding diaryl/α,β-unsaturated/α-hetero) is 1. The van der Waals surface area contributed by atoms with Crippen LogP contribution in [0.5, 0.6) is 5.75 Å². The third kappa shape index (κ3) is 4.18. The van der Waals surface area contributed by atoms with Gasteiger partial charge in [0.25, 0.3) is 17.7 Å². The van der Waals surface area contributed by atoms with Crippen LogP contribution in [-0.4, -0.2) is 47.2 Å². The number of amides is 3. The number of ketones is 1. The predicted octanol–water partition coefficient (Wildman–Crippen LogP) is 6.13. The topological polar surface area (TPSA) is 84.0 Å². The first-order valence-electron chi connectivity index (χ1n) is 13.8. The van der Waals surface area contributed by atoms with E-state index in [1.54, 1.807) is 24.3 Å². The van der Waals surface area contributed by atoms with Crippen molar-refractivity contribution in [3.8, 4) is 5.75 Å². The zero-order valence-corrected chi connectivity index (χ0v) is 24.4. The molecule has 0 aromatic heterocycles. The Morgan fingerprint density at radius 1 is 0.721 bits per heavy atom. The second kappa shape index (κ2) is 10.4. The second-order valence-corrected chi connectivity index (χ2v) is 11.7. The van der Waals surface area contributed by atoms with Crippen molar-refractivity contribution in [3.05, 3.63) is 134 Å². The summed E-state index contributed by atoms with van der Waals surface area (Å²) in [6, 6.07) is 26.4. The molecule has 4 aromatic rings. The van der Waals surface area contributed by atoms with Gasteiger partial charge in [-0.3, -0.25) is 19.2 Å². The molecule has 3 amide bonds. The van der Waals surface area contributed by atoms with E-state index in [4.69, 9.17) is 27.9 Å². The summed E-state index contributed by atoms with van der Waals surface area (Å²) in [5.74, 6) is -3.79. The van der Waals surface area contributed by atoms with Gasteiger partial charge in [-0.1, -0.05) is 71.7 Å². The lowest BCUT2D eigenvalue weighted by atomic mass is 9.55. The van der Waals surface area contributed by atoms with Crippen LogP contribution in [-0.2, 0) is 9.59 Å². The molecule has 1 aliphatic heterocycles. The Morgan fingerprint density at radius 3 is 1.67 bits per heavy atom. The molecule has 0 saturated carbocycles. The molecule has 2 bridgehead atoms. The van der Waals surface area contributed by atoms with Crippen LogP contribution in [0, 0.1) is 11.8 Å². The number of carbonyl (C=O) groups is 4. The fraction of sp³-hybridized carbons (Fsp3) is 0.176. The fourth-order valence-electron chi connectivity index (χ4n) is 6.92. The van der Waals surface area contributed by atoms with E-state index in [-0.39, 0.29) is 27.4 Å². The average molecular weight is 611 g/mol. The highest BCUT2D eigenvalue weighted by Crippen LogP contribution is 2.61. The summed E-state index contributed by atoms with van der Waals surface area (Å²) in [7, 11) is 1.52. The number of hydrazine groups is 1. The minimum absolute atomic E-state index is 0.0851. The highest BCUT2D eigenvalue weighted by atomic mass is 35.5. The Bertz CT molecular complexity index is 1720. The molecule has 0 spiro atoms. The lowest BCUT2D eigenvalue weighted by molar-refractivity contribution is -0.154. The van der Waals surface area contributed by atoms with Gasteiger partial charge in [0.2, 0.25) is 0 Å². The van der Waals surface area contributed by atoms with Crippen LogP contribution >= 0.6 is 23.2 Å². The smallest absolute Gasteiger partial charge is 0.273 e. The Labute approximate surface area is 257 Å². The maximum Gasteiger partial charge on any atom is 0.273 e. The molecule has 4 aliphatic rings. The third-order valence-electron chi connectivity index (χ3n) is 8.77. The molecule has 1 saturated heterocycles. The number of carbonyl (C=O) groups excluding carboxylic acids is 4. The fourth-order valence-corrected chi connectivity index (χ4v) is 7.21. The lowest BCUT2D eigenvalue weighted by Crippen LogP contribution is -2.52. The van der Waals surface area contributed by atoms with Gasteiger partial charge in [-0.05, 0) is 64.7 Å². The number of methoxy groups -OCH3 is 1. The van der Waals surface area contributed by atoms with Crippen LogP contribution < -0.4 is 4.74 Å². The summed E-state index contributed by atoms with van der Waals surface area (Å²) in [6.07, 6.45) is 0. The lowest BCUT2D eigenvalue weighted by Gasteiger charge is -2.45. The van der Waals surface area contributed by atoms with Crippen LogP contribution in [0.1, 0.15) is 54.8 Å². The first-order chi connectivity index (χ1) is 20.8. The molecular weight excluding hydrogens is 587 g/mol. The van der Waals surface area contributed by atoms with E-state index in [9.17, 15) is 19.2 Å². The molecule has 1 fully saturated rings. The summed E-state index contributed by atoms with van der Waals surface area (Å²) in [6.45, 7) is -0.544. The molecule has 7 nitrogen and oxygen atoms in total. The first-order valence-corrected chi connectivity index (χ1v) is 14.5. The van der Waals surface area contributed by atoms with Crippen molar-refractivity contribution in [2.75, 3.05) is 13.7 Å². The van der Waals surface area contributed by atoms with E-state index in [1.165, 1.54) is 25.3 Å². The Kier molecular flexibility index (Phi) is 6.60. The van der Waals surface area contributed by atoms with Gasteiger partial charge in [0, 0.05) is 23.0 Å². The molecule has 2 atom stereocenters. The minimum Gasteiger partial charge on any atom is -0.497 e. The van der Waals surface area contributed by atoms with Crippen LogP contribution in [0.25, 0.3) is 0 Å². The van der Waals surface area contributed by atoms with E-state index in [2.05, 4.69) is 0 Å². The van der Waals surface area contributed by atoms with Crippen LogP contribution in [0.3, 0.4) is 0 Å². The van der Waals surface area contributed by atoms with Crippen LogP contribution in [0.2, 0.25) is 10.0 Å². The molecule has 8 rings (SSSR count). The zero-order chi connectivity index (χ0) is 30.0. The van der Waals surface area contributed by atoms with Crippen LogP contribution in [0.15, 0.2) is 91.0 Å². The SMILES string of the molecule is COc1ccc(C(=O)CN(C(=O)c2ccc(Cl)c(Cl)c2)N2C(=O)[C@H]3C4c5ccccc5C(c5ccccc54)[C@@H]3C2=O)cc1. The van der Waals surface area contributed by atoms with E-state index in [0.29, 0.717) is 11.3 Å². The van der Waals surface area contributed by atoms with Gasteiger partial charge in [0.05, 0.1) is 29.0 Å². The number of nitrogens with zero attached hydrogens (tertiary/aromatic N) is 2. The largest absolute Gasteiger partial charge is 0.497 e. The number of imide groups is 1. The number of rotatable bonds is 6. The summed E-state index contributed by atoms with van der Waals surface area (Å²) in [5, 5.41) is 2.24. The number of ether oxygens (including phenoxy) is 1. The van der Waals surface area contributed by atoms with E-state index >= 15 is 0 Å². The molecule has 0 unspecified atom stereocenters. The van der Waals surface area contributed by atoms with Crippen molar-refractivity contribution in [1.82, 2.24) is 10.0 Å². The molecule has 214 valence electrons. The van der Waals surface area contributed by atoms with Crippen molar-refractivity contribution in [2.24, 2.45) is 11.8 Å². The normalized spacial score (nSPS) is 21.2. The molecule has 0 N–H and O–H groups in total. The average Bonchev–Trinajstić information content (AvgIpc) is 3.30. The molecule has 0 radical (unpaired) electrons. The quantitative estimate of drug-likeness (QED) is 0.194. The van der Waals surface area contributed by atoms with Crippen molar-refractivity contribution in [1.29, 1.82) is 0 Å². The molecule has 3 aliphatic carbocycles.